The van der Waals surface area contributed by atoms with Crippen molar-refractivity contribution in [2.75, 3.05) is 5.32 Å². The predicted molar refractivity (Wildman–Crippen MR) is 151 cm³/mol. The lowest BCUT2D eigenvalue weighted by atomic mass is 9.92. The smallest absolute Gasteiger partial charge is 0.259 e. The van der Waals surface area contributed by atoms with Gasteiger partial charge in [-0.1, -0.05) is 61.3 Å². The molecule has 10 heteroatoms. The Morgan fingerprint density at radius 1 is 0.821 bits per heavy atom. The Bertz CT molecular complexity index is 1670. The van der Waals surface area contributed by atoms with Gasteiger partial charge in [-0.3, -0.25) is 4.79 Å². The summed E-state index contributed by atoms with van der Waals surface area (Å²) in [6, 6.07) is 18.3. The molecule has 0 atom stereocenters. The number of phenolic OH excluding ortho intramolecular Hbond substituents is 3. The zero-order valence-electron chi connectivity index (χ0n) is 20.9. The quantitative estimate of drug-likeness (QED) is 0.175. The van der Waals surface area contributed by atoms with Crippen LogP contribution in [0, 0.1) is 0 Å². The molecule has 0 unspecified atom stereocenters. The van der Waals surface area contributed by atoms with Gasteiger partial charge in [-0.05, 0) is 65.6 Å². The number of sulfone groups is 1. The number of halogens is 2. The average molecular weight is 586 g/mol. The lowest BCUT2D eigenvalue weighted by Gasteiger charge is -2.16. The number of carbonyl (C=O) groups excluding carboxylic acids is 1. The van der Waals surface area contributed by atoms with Gasteiger partial charge in [0, 0.05) is 17.0 Å². The van der Waals surface area contributed by atoms with Crippen molar-refractivity contribution >= 4 is 44.6 Å². The van der Waals surface area contributed by atoms with E-state index < -0.39 is 33.0 Å². The molecule has 0 fully saturated rings. The highest BCUT2D eigenvalue weighted by molar-refractivity contribution is 7.91. The molecule has 0 spiro atoms. The van der Waals surface area contributed by atoms with Crippen LogP contribution in [-0.4, -0.2) is 29.6 Å². The third kappa shape index (κ3) is 5.83. The minimum absolute atomic E-state index is 0.000999. The molecular formula is C29H25Cl2NO6S. The van der Waals surface area contributed by atoms with E-state index in [-0.39, 0.29) is 44.0 Å². The number of aromatic hydroxyl groups is 3. The number of benzene rings is 4. The van der Waals surface area contributed by atoms with Crippen molar-refractivity contribution in [3.05, 3.63) is 105 Å². The van der Waals surface area contributed by atoms with Crippen molar-refractivity contribution in [3.8, 4) is 17.2 Å². The molecule has 202 valence electrons. The van der Waals surface area contributed by atoms with Crippen LogP contribution in [0.15, 0.2) is 82.6 Å². The fraction of sp³-hybridized carbons (Fsp3) is 0.138. The van der Waals surface area contributed by atoms with Gasteiger partial charge < -0.3 is 20.6 Å². The van der Waals surface area contributed by atoms with Gasteiger partial charge in [-0.25, -0.2) is 8.42 Å². The Morgan fingerprint density at radius 2 is 1.46 bits per heavy atom. The summed E-state index contributed by atoms with van der Waals surface area (Å²) in [7, 11) is -3.96. The van der Waals surface area contributed by atoms with Crippen LogP contribution in [0.4, 0.5) is 5.69 Å². The number of nitrogens with one attached hydrogen (secondary N) is 1. The number of hydrogen-bond donors (Lipinski definition) is 4. The lowest BCUT2D eigenvalue weighted by Crippen LogP contribution is -2.14. The normalized spacial score (nSPS) is 11.5. The molecule has 7 nitrogen and oxygen atoms in total. The summed E-state index contributed by atoms with van der Waals surface area (Å²) in [5, 5.41) is 34.3. The Morgan fingerprint density at radius 3 is 2.13 bits per heavy atom. The van der Waals surface area contributed by atoms with E-state index in [2.05, 4.69) is 5.32 Å². The van der Waals surface area contributed by atoms with E-state index in [0.29, 0.717) is 5.02 Å². The van der Waals surface area contributed by atoms with Gasteiger partial charge in [0.25, 0.3) is 5.91 Å². The number of carbonyl (C=O) groups is 1. The van der Waals surface area contributed by atoms with Crippen LogP contribution in [0.1, 0.15) is 46.8 Å². The predicted octanol–water partition coefficient (Wildman–Crippen LogP) is 6.91. The van der Waals surface area contributed by atoms with E-state index in [9.17, 15) is 28.5 Å². The van der Waals surface area contributed by atoms with Crippen LogP contribution in [0.5, 0.6) is 17.2 Å². The van der Waals surface area contributed by atoms with Gasteiger partial charge in [-0.15, -0.1) is 0 Å². The maximum atomic E-state index is 13.2. The summed E-state index contributed by atoms with van der Waals surface area (Å²) >= 11 is 12.1. The molecule has 0 aliphatic carbocycles. The maximum absolute atomic E-state index is 13.2. The Kier molecular flexibility index (Phi) is 8.11. The first kappa shape index (κ1) is 28.3. The van der Waals surface area contributed by atoms with E-state index >= 15 is 0 Å². The van der Waals surface area contributed by atoms with E-state index in [1.165, 1.54) is 48.5 Å². The van der Waals surface area contributed by atoms with E-state index in [1.54, 1.807) is 0 Å². The monoisotopic (exact) mass is 585 g/mol. The van der Waals surface area contributed by atoms with Gasteiger partial charge in [-0.2, -0.15) is 0 Å². The van der Waals surface area contributed by atoms with Gasteiger partial charge in [0.1, 0.15) is 0 Å². The molecule has 0 aliphatic heterocycles. The highest BCUT2D eigenvalue weighted by Crippen LogP contribution is 2.42. The Balaban J connectivity index is 1.69. The molecule has 0 saturated heterocycles. The van der Waals surface area contributed by atoms with Crippen LogP contribution >= 0.6 is 23.2 Å². The van der Waals surface area contributed by atoms with Crippen molar-refractivity contribution in [1.82, 2.24) is 0 Å². The second-order valence-corrected chi connectivity index (χ2v) is 12.0. The summed E-state index contributed by atoms with van der Waals surface area (Å²) in [4.78, 5) is 13.1. The molecule has 4 rings (SSSR count). The summed E-state index contributed by atoms with van der Waals surface area (Å²) in [6.07, 6.45) is 0.184. The molecule has 0 heterocycles. The molecule has 1 amide bonds. The van der Waals surface area contributed by atoms with Crippen molar-refractivity contribution in [2.24, 2.45) is 0 Å². The third-order valence-electron chi connectivity index (χ3n) is 6.25. The minimum Gasteiger partial charge on any atom is -0.504 e. The first-order valence-corrected chi connectivity index (χ1v) is 14.1. The summed E-state index contributed by atoms with van der Waals surface area (Å²) in [5.41, 5.74) is 1.76. The molecule has 4 aromatic rings. The van der Waals surface area contributed by atoms with Crippen molar-refractivity contribution in [2.45, 2.75) is 36.0 Å². The van der Waals surface area contributed by atoms with Gasteiger partial charge in [0.15, 0.2) is 11.5 Å². The van der Waals surface area contributed by atoms with Crippen LogP contribution in [0.2, 0.25) is 10.0 Å². The molecule has 0 bridgehead atoms. The number of phenols is 3. The number of rotatable bonds is 7. The fourth-order valence-corrected chi connectivity index (χ4v) is 5.76. The van der Waals surface area contributed by atoms with E-state index in [0.717, 1.165) is 11.1 Å². The molecule has 0 radical (unpaired) electrons. The first-order chi connectivity index (χ1) is 18.4. The highest BCUT2D eigenvalue weighted by atomic mass is 35.5. The lowest BCUT2D eigenvalue weighted by molar-refractivity contribution is 0.102. The average Bonchev–Trinajstić information content (AvgIpc) is 2.90. The molecule has 4 N–H and O–H groups in total. The number of hydrogen-bond acceptors (Lipinski definition) is 6. The molecular weight excluding hydrogens is 561 g/mol. The molecule has 0 saturated carbocycles. The summed E-state index contributed by atoms with van der Waals surface area (Å²) in [6.45, 7) is 4.05. The summed E-state index contributed by atoms with van der Waals surface area (Å²) < 4.78 is 26.2. The van der Waals surface area contributed by atoms with Gasteiger partial charge in [0.2, 0.25) is 15.6 Å². The summed E-state index contributed by atoms with van der Waals surface area (Å²) in [5.74, 6) is -2.90. The Labute approximate surface area is 236 Å². The zero-order chi connectivity index (χ0) is 28.5. The number of amides is 1. The maximum Gasteiger partial charge on any atom is 0.259 e. The zero-order valence-corrected chi connectivity index (χ0v) is 23.3. The highest BCUT2D eigenvalue weighted by Gasteiger charge is 2.24. The van der Waals surface area contributed by atoms with Gasteiger partial charge >= 0.3 is 0 Å². The Hall–Kier alpha value is -3.72. The van der Waals surface area contributed by atoms with Crippen molar-refractivity contribution in [3.63, 3.8) is 0 Å². The molecule has 0 aromatic heterocycles. The number of anilines is 1. The standard InChI is InChI=1S/C29H25Cl2NO6S/c1-16(2)22-6-4-3-5-17(22)13-18-14-23(27(34)28(35)26(18)33)29(36)32-25-15-21(11-12-24(25)31)39(37,38)20-9-7-19(30)8-10-20/h3-12,14-16,33-35H,13H2,1-2H3,(H,32,36). The molecule has 4 aromatic carbocycles. The van der Waals surface area contributed by atoms with Crippen LogP contribution in [0.3, 0.4) is 0 Å². The van der Waals surface area contributed by atoms with E-state index in [1.807, 2.05) is 38.1 Å². The van der Waals surface area contributed by atoms with Gasteiger partial charge in [0.05, 0.1) is 26.1 Å². The topological polar surface area (TPSA) is 124 Å². The third-order valence-corrected chi connectivity index (χ3v) is 8.60. The van der Waals surface area contributed by atoms with Crippen LogP contribution < -0.4 is 5.32 Å². The van der Waals surface area contributed by atoms with Crippen molar-refractivity contribution < 1.29 is 28.5 Å². The van der Waals surface area contributed by atoms with Crippen LogP contribution in [0.25, 0.3) is 0 Å². The molecule has 39 heavy (non-hydrogen) atoms. The van der Waals surface area contributed by atoms with E-state index in [4.69, 9.17) is 23.2 Å². The molecule has 0 aliphatic rings. The second kappa shape index (κ2) is 11.2. The first-order valence-electron chi connectivity index (χ1n) is 11.9. The van der Waals surface area contributed by atoms with Crippen molar-refractivity contribution in [1.29, 1.82) is 0 Å². The largest absolute Gasteiger partial charge is 0.504 e. The SMILES string of the molecule is CC(C)c1ccccc1Cc1cc(C(=O)Nc2cc(S(=O)(=O)c3ccc(Cl)cc3)ccc2Cl)c(O)c(O)c1O. The van der Waals surface area contributed by atoms with Crippen LogP contribution in [-0.2, 0) is 16.3 Å². The fourth-order valence-electron chi connectivity index (χ4n) is 4.18. The minimum atomic E-state index is -3.96. The second-order valence-electron chi connectivity index (χ2n) is 9.21.